The van der Waals surface area contributed by atoms with E-state index in [0.717, 1.165) is 22.3 Å². The SMILES string of the molecule is Cc1cc(C)c(C(=O)/C=C/c2ccc(Cl)cc2)c(C)c1. The molecule has 20 heavy (non-hydrogen) atoms. The highest BCUT2D eigenvalue weighted by molar-refractivity contribution is 6.30. The van der Waals surface area contributed by atoms with Gasteiger partial charge in [-0.15, -0.1) is 0 Å². The summed E-state index contributed by atoms with van der Waals surface area (Å²) < 4.78 is 0. The van der Waals surface area contributed by atoms with Crippen LogP contribution >= 0.6 is 11.6 Å². The first-order valence-electron chi connectivity index (χ1n) is 6.53. The Morgan fingerprint density at radius 1 is 1.00 bits per heavy atom. The molecule has 0 fully saturated rings. The Bertz CT molecular complexity index is 643. The molecular formula is C18H17ClO. The van der Waals surface area contributed by atoms with E-state index in [1.54, 1.807) is 6.08 Å². The summed E-state index contributed by atoms with van der Waals surface area (Å²) in [5, 5.41) is 0.693. The van der Waals surface area contributed by atoms with Gasteiger partial charge in [0.1, 0.15) is 0 Å². The molecule has 2 aromatic carbocycles. The predicted molar refractivity (Wildman–Crippen MR) is 85.5 cm³/mol. The molecule has 0 bridgehead atoms. The molecule has 0 atom stereocenters. The Kier molecular flexibility index (Phi) is 4.41. The summed E-state index contributed by atoms with van der Waals surface area (Å²) in [5.41, 5.74) is 4.98. The van der Waals surface area contributed by atoms with Crippen LogP contribution in [-0.2, 0) is 0 Å². The molecular weight excluding hydrogens is 268 g/mol. The van der Waals surface area contributed by atoms with Gasteiger partial charge in [0.15, 0.2) is 5.78 Å². The Labute approximate surface area is 124 Å². The highest BCUT2D eigenvalue weighted by Gasteiger charge is 2.09. The molecule has 0 saturated carbocycles. The first kappa shape index (κ1) is 14.5. The molecule has 2 aromatic rings. The highest BCUT2D eigenvalue weighted by Crippen LogP contribution is 2.18. The van der Waals surface area contributed by atoms with Gasteiger partial charge in [-0.3, -0.25) is 4.79 Å². The predicted octanol–water partition coefficient (Wildman–Crippen LogP) is 5.16. The van der Waals surface area contributed by atoms with E-state index in [2.05, 4.69) is 0 Å². The molecule has 0 heterocycles. The lowest BCUT2D eigenvalue weighted by Crippen LogP contribution is -2.02. The minimum Gasteiger partial charge on any atom is -0.289 e. The number of carbonyl (C=O) groups is 1. The molecule has 0 aliphatic rings. The van der Waals surface area contributed by atoms with Crippen molar-refractivity contribution in [3.63, 3.8) is 0 Å². The van der Waals surface area contributed by atoms with E-state index in [1.165, 1.54) is 5.56 Å². The Hall–Kier alpha value is -1.86. The van der Waals surface area contributed by atoms with Crippen LogP contribution in [0.15, 0.2) is 42.5 Å². The second-order valence-electron chi connectivity index (χ2n) is 5.02. The fourth-order valence-electron chi connectivity index (χ4n) is 2.40. The standard InChI is InChI=1S/C18H17ClO/c1-12-10-13(2)18(14(3)11-12)17(20)9-6-15-4-7-16(19)8-5-15/h4-11H,1-3H3/b9-6+. The van der Waals surface area contributed by atoms with Crippen LogP contribution in [0, 0.1) is 20.8 Å². The molecule has 0 saturated heterocycles. The fourth-order valence-corrected chi connectivity index (χ4v) is 2.52. The number of rotatable bonds is 3. The summed E-state index contributed by atoms with van der Waals surface area (Å²) in [6.07, 6.45) is 3.44. The van der Waals surface area contributed by atoms with E-state index in [0.29, 0.717) is 5.02 Å². The molecule has 2 rings (SSSR count). The second kappa shape index (κ2) is 6.06. The van der Waals surface area contributed by atoms with Gasteiger partial charge in [-0.05, 0) is 55.7 Å². The van der Waals surface area contributed by atoms with E-state index in [-0.39, 0.29) is 5.78 Å². The van der Waals surface area contributed by atoms with Crippen molar-refractivity contribution in [2.75, 3.05) is 0 Å². The van der Waals surface area contributed by atoms with Crippen molar-refractivity contribution in [2.45, 2.75) is 20.8 Å². The molecule has 0 spiro atoms. The number of benzene rings is 2. The lowest BCUT2D eigenvalue weighted by molar-refractivity contribution is 0.104. The van der Waals surface area contributed by atoms with Crippen molar-refractivity contribution in [3.8, 4) is 0 Å². The molecule has 0 amide bonds. The first-order valence-corrected chi connectivity index (χ1v) is 6.91. The smallest absolute Gasteiger partial charge is 0.186 e. The van der Waals surface area contributed by atoms with Gasteiger partial charge in [0.05, 0.1) is 0 Å². The zero-order valence-corrected chi connectivity index (χ0v) is 12.7. The highest BCUT2D eigenvalue weighted by atomic mass is 35.5. The van der Waals surface area contributed by atoms with Gasteiger partial charge in [-0.2, -0.15) is 0 Å². The number of halogens is 1. The molecule has 0 aromatic heterocycles. The van der Waals surface area contributed by atoms with Crippen LogP contribution < -0.4 is 0 Å². The minimum absolute atomic E-state index is 0.0370. The Balaban J connectivity index is 2.26. The molecule has 0 aliphatic carbocycles. The van der Waals surface area contributed by atoms with Gasteiger partial charge in [0.25, 0.3) is 0 Å². The van der Waals surface area contributed by atoms with Crippen molar-refractivity contribution in [2.24, 2.45) is 0 Å². The maximum absolute atomic E-state index is 12.3. The summed E-state index contributed by atoms with van der Waals surface area (Å²) in [4.78, 5) is 12.3. The van der Waals surface area contributed by atoms with Crippen molar-refractivity contribution >= 4 is 23.5 Å². The van der Waals surface area contributed by atoms with E-state index in [9.17, 15) is 4.79 Å². The Morgan fingerprint density at radius 2 is 1.55 bits per heavy atom. The minimum atomic E-state index is 0.0370. The average Bonchev–Trinajstić information content (AvgIpc) is 2.37. The van der Waals surface area contributed by atoms with Crippen molar-refractivity contribution < 1.29 is 4.79 Å². The van der Waals surface area contributed by atoms with Crippen LogP contribution in [0.1, 0.15) is 32.6 Å². The number of aryl methyl sites for hydroxylation is 3. The van der Waals surface area contributed by atoms with Crippen LogP contribution in [0.2, 0.25) is 5.02 Å². The lowest BCUT2D eigenvalue weighted by Gasteiger charge is -2.08. The zero-order valence-electron chi connectivity index (χ0n) is 11.9. The third kappa shape index (κ3) is 3.37. The van der Waals surface area contributed by atoms with Crippen molar-refractivity contribution in [1.29, 1.82) is 0 Å². The maximum Gasteiger partial charge on any atom is 0.186 e. The van der Waals surface area contributed by atoms with Gasteiger partial charge >= 0.3 is 0 Å². The van der Waals surface area contributed by atoms with Gasteiger partial charge in [0.2, 0.25) is 0 Å². The molecule has 0 radical (unpaired) electrons. The number of allylic oxidation sites excluding steroid dienone is 1. The lowest BCUT2D eigenvalue weighted by atomic mass is 9.96. The van der Waals surface area contributed by atoms with Crippen molar-refractivity contribution in [1.82, 2.24) is 0 Å². The summed E-state index contributed by atoms with van der Waals surface area (Å²) in [6.45, 7) is 5.99. The molecule has 2 heteroatoms. The topological polar surface area (TPSA) is 17.1 Å². The van der Waals surface area contributed by atoms with Crippen LogP contribution in [0.25, 0.3) is 6.08 Å². The van der Waals surface area contributed by atoms with Gasteiger partial charge in [0, 0.05) is 10.6 Å². The fraction of sp³-hybridized carbons (Fsp3) is 0.167. The average molecular weight is 285 g/mol. The van der Waals surface area contributed by atoms with Gasteiger partial charge in [-0.25, -0.2) is 0 Å². The third-order valence-corrected chi connectivity index (χ3v) is 3.47. The van der Waals surface area contributed by atoms with Gasteiger partial charge in [-0.1, -0.05) is 47.5 Å². The van der Waals surface area contributed by atoms with Crippen LogP contribution in [0.3, 0.4) is 0 Å². The summed E-state index contributed by atoms with van der Waals surface area (Å²) >= 11 is 5.84. The van der Waals surface area contributed by atoms with Crippen molar-refractivity contribution in [3.05, 3.63) is 75.3 Å². The zero-order chi connectivity index (χ0) is 14.7. The van der Waals surface area contributed by atoms with E-state index >= 15 is 0 Å². The maximum atomic E-state index is 12.3. The summed E-state index contributed by atoms with van der Waals surface area (Å²) in [7, 11) is 0. The molecule has 0 N–H and O–H groups in total. The third-order valence-electron chi connectivity index (χ3n) is 3.22. The van der Waals surface area contributed by atoms with Crippen LogP contribution in [0.4, 0.5) is 0 Å². The second-order valence-corrected chi connectivity index (χ2v) is 5.46. The van der Waals surface area contributed by atoms with Crippen LogP contribution in [0.5, 0.6) is 0 Å². The van der Waals surface area contributed by atoms with E-state index < -0.39 is 0 Å². The quantitative estimate of drug-likeness (QED) is 0.562. The number of hydrogen-bond acceptors (Lipinski definition) is 1. The van der Waals surface area contributed by atoms with E-state index in [4.69, 9.17) is 11.6 Å². The summed E-state index contributed by atoms with van der Waals surface area (Å²) in [6, 6.07) is 11.5. The normalized spacial score (nSPS) is 11.0. The number of ketones is 1. The first-order chi connectivity index (χ1) is 9.47. The van der Waals surface area contributed by atoms with Gasteiger partial charge < -0.3 is 0 Å². The largest absolute Gasteiger partial charge is 0.289 e. The molecule has 0 aliphatic heterocycles. The van der Waals surface area contributed by atoms with Crippen LogP contribution in [-0.4, -0.2) is 5.78 Å². The molecule has 0 unspecified atom stereocenters. The Morgan fingerprint density at radius 3 is 2.10 bits per heavy atom. The summed E-state index contributed by atoms with van der Waals surface area (Å²) in [5.74, 6) is 0.0370. The molecule has 102 valence electrons. The number of carbonyl (C=O) groups excluding carboxylic acids is 1. The monoisotopic (exact) mass is 284 g/mol. The molecule has 1 nitrogen and oxygen atoms in total. The number of hydrogen-bond donors (Lipinski definition) is 0. The van der Waals surface area contributed by atoms with E-state index in [1.807, 2.05) is 63.2 Å².